The van der Waals surface area contributed by atoms with Gasteiger partial charge in [0, 0.05) is 32.3 Å². The van der Waals surface area contributed by atoms with Crippen molar-refractivity contribution < 1.29 is 14.3 Å². The third kappa shape index (κ3) is 3.26. The highest BCUT2D eigenvalue weighted by atomic mass is 35.5. The van der Waals surface area contributed by atoms with Gasteiger partial charge in [-0.25, -0.2) is 0 Å². The molecule has 7 nitrogen and oxygen atoms in total. The number of hydrogen-bond donors (Lipinski definition) is 3. The van der Waals surface area contributed by atoms with Crippen molar-refractivity contribution in [3.63, 3.8) is 0 Å². The van der Waals surface area contributed by atoms with Gasteiger partial charge in [-0.15, -0.1) is 0 Å². The summed E-state index contributed by atoms with van der Waals surface area (Å²) < 4.78 is 10.9. The highest BCUT2D eigenvalue weighted by molar-refractivity contribution is 6.34. The Hall–Kier alpha value is -1.99. The Balaban J connectivity index is 1.97. The van der Waals surface area contributed by atoms with E-state index >= 15 is 0 Å². The van der Waals surface area contributed by atoms with E-state index in [1.54, 1.807) is 12.0 Å². The van der Waals surface area contributed by atoms with Crippen molar-refractivity contribution in [1.29, 1.82) is 5.41 Å². The number of aromatic amines is 1. The van der Waals surface area contributed by atoms with Gasteiger partial charge in [0.1, 0.15) is 5.82 Å². The van der Waals surface area contributed by atoms with Gasteiger partial charge in [0.05, 0.1) is 23.3 Å². The number of amides is 1. The summed E-state index contributed by atoms with van der Waals surface area (Å²) in [5.41, 5.74) is 6.05. The molecule has 1 aliphatic heterocycles. The lowest BCUT2D eigenvalue weighted by Gasteiger charge is -2.17. The lowest BCUT2D eigenvalue weighted by atomic mass is 10.1. The van der Waals surface area contributed by atoms with Crippen LogP contribution in [0.2, 0.25) is 5.02 Å². The number of nitrogens with one attached hydrogen (secondary N) is 2. The molecule has 2 heterocycles. The Morgan fingerprint density at radius 1 is 1.68 bits per heavy atom. The summed E-state index contributed by atoms with van der Waals surface area (Å²) in [6.07, 6.45) is 2.64. The maximum absolute atomic E-state index is 11.7. The summed E-state index contributed by atoms with van der Waals surface area (Å²) in [7, 11) is 1.59. The van der Waals surface area contributed by atoms with Crippen molar-refractivity contribution in [2.75, 3.05) is 32.5 Å². The molecule has 0 bridgehead atoms. The highest BCUT2D eigenvalue weighted by Crippen LogP contribution is 2.24. The summed E-state index contributed by atoms with van der Waals surface area (Å²) in [4.78, 5) is 16.0. The summed E-state index contributed by atoms with van der Waals surface area (Å²) in [5, 5.41) is 8.28. The van der Waals surface area contributed by atoms with Crippen LogP contribution in [0.3, 0.4) is 0 Å². The zero-order chi connectivity index (χ0) is 16.3. The minimum atomic E-state index is -0.143. The molecule has 2 atom stereocenters. The first-order chi connectivity index (χ1) is 10.5. The average molecular weight is 327 g/mol. The maximum atomic E-state index is 11.7. The number of rotatable bonds is 5. The molecule has 1 saturated heterocycles. The molecule has 22 heavy (non-hydrogen) atoms. The van der Waals surface area contributed by atoms with Crippen LogP contribution in [0.5, 0.6) is 0 Å². The van der Waals surface area contributed by atoms with E-state index in [9.17, 15) is 4.79 Å². The fourth-order valence-corrected chi connectivity index (χ4v) is 2.73. The molecule has 0 spiro atoms. The number of carbonyl (C=O) groups is 1. The summed E-state index contributed by atoms with van der Waals surface area (Å²) in [6, 6.07) is 0. The number of nitrogens with zero attached hydrogens (tertiary/aromatic N) is 1. The summed E-state index contributed by atoms with van der Waals surface area (Å²) >= 11 is 5.95. The van der Waals surface area contributed by atoms with Gasteiger partial charge in [-0.2, -0.15) is 0 Å². The van der Waals surface area contributed by atoms with E-state index in [2.05, 4.69) is 11.6 Å². The van der Waals surface area contributed by atoms with Gasteiger partial charge in [-0.1, -0.05) is 18.2 Å². The van der Waals surface area contributed by atoms with Crippen LogP contribution in [0.15, 0.2) is 18.9 Å². The van der Waals surface area contributed by atoms with Crippen LogP contribution < -0.4 is 5.73 Å². The average Bonchev–Trinajstić information content (AvgIpc) is 3.07. The molecular formula is C14H19ClN4O3. The number of likely N-dealkylation sites (tertiary alicyclic amines) is 1. The second-order valence-electron chi connectivity index (χ2n) is 5.05. The van der Waals surface area contributed by atoms with Crippen molar-refractivity contribution in [3.8, 4) is 0 Å². The molecule has 0 unspecified atom stereocenters. The van der Waals surface area contributed by atoms with E-state index in [-0.39, 0.29) is 36.3 Å². The normalized spacial score (nSPS) is 20.9. The van der Waals surface area contributed by atoms with Crippen LogP contribution in [0, 0.1) is 11.3 Å². The predicted octanol–water partition coefficient (Wildman–Crippen LogP) is 1.25. The van der Waals surface area contributed by atoms with E-state index in [1.165, 1.54) is 12.3 Å². The van der Waals surface area contributed by atoms with Gasteiger partial charge < -0.3 is 25.1 Å². The third-order valence-corrected chi connectivity index (χ3v) is 4.00. The Kier molecular flexibility index (Phi) is 5.10. The second-order valence-corrected chi connectivity index (χ2v) is 5.45. The number of halogens is 1. The molecule has 120 valence electrons. The molecule has 1 aromatic heterocycles. The lowest BCUT2D eigenvalue weighted by molar-refractivity contribution is -0.125. The van der Waals surface area contributed by atoms with E-state index in [0.717, 1.165) is 0 Å². The van der Waals surface area contributed by atoms with Crippen LogP contribution in [-0.4, -0.2) is 54.6 Å². The molecule has 0 aromatic carbocycles. The van der Waals surface area contributed by atoms with Crippen molar-refractivity contribution >= 4 is 29.2 Å². The topological polar surface area (TPSA) is 104 Å². The minimum absolute atomic E-state index is 0.0341. The number of carbonyl (C=O) groups excluding carboxylic acids is 1. The molecule has 1 amide bonds. The van der Waals surface area contributed by atoms with Gasteiger partial charge in [0.2, 0.25) is 11.8 Å². The number of hydrogen-bond acceptors (Lipinski definition) is 5. The van der Waals surface area contributed by atoms with Gasteiger partial charge in [-0.05, 0) is 6.08 Å². The standard InChI is InChI=1S/C14H19ClN4O3/c1-3-11(20)19-5-8(10(6-19)21-2)7-22-14(17)12-9(15)4-18-13(12)16/h3-4,8,10,17-18H,1,5-7,16H2,2H3/t8-,10+/m1/s1. The molecular weight excluding hydrogens is 308 g/mol. The van der Waals surface area contributed by atoms with Crippen LogP contribution in [0.4, 0.5) is 5.82 Å². The monoisotopic (exact) mass is 326 g/mol. The molecule has 1 aromatic rings. The van der Waals surface area contributed by atoms with E-state index in [4.69, 9.17) is 32.2 Å². The molecule has 0 saturated carbocycles. The van der Waals surface area contributed by atoms with Crippen molar-refractivity contribution in [2.24, 2.45) is 5.92 Å². The van der Waals surface area contributed by atoms with Gasteiger partial charge in [0.25, 0.3) is 0 Å². The van der Waals surface area contributed by atoms with Crippen LogP contribution in [-0.2, 0) is 14.3 Å². The molecule has 1 aliphatic rings. The minimum Gasteiger partial charge on any atom is -0.477 e. The van der Waals surface area contributed by atoms with Crippen LogP contribution >= 0.6 is 11.6 Å². The number of anilines is 1. The lowest BCUT2D eigenvalue weighted by Crippen LogP contribution is -2.28. The van der Waals surface area contributed by atoms with Gasteiger partial charge >= 0.3 is 0 Å². The Morgan fingerprint density at radius 3 is 2.95 bits per heavy atom. The molecule has 1 fully saturated rings. The van der Waals surface area contributed by atoms with Crippen molar-refractivity contribution in [1.82, 2.24) is 9.88 Å². The number of ether oxygens (including phenoxy) is 2. The third-order valence-electron chi connectivity index (χ3n) is 3.70. The van der Waals surface area contributed by atoms with Crippen LogP contribution in [0.1, 0.15) is 5.56 Å². The fourth-order valence-electron chi connectivity index (χ4n) is 2.48. The van der Waals surface area contributed by atoms with E-state index in [0.29, 0.717) is 23.7 Å². The number of aromatic nitrogens is 1. The smallest absolute Gasteiger partial charge is 0.246 e. The Bertz CT molecular complexity index is 567. The zero-order valence-corrected chi connectivity index (χ0v) is 13.0. The molecule has 0 radical (unpaired) electrons. The number of nitrogen functional groups attached to an aromatic ring is 1. The van der Waals surface area contributed by atoms with Gasteiger partial charge in [0.15, 0.2) is 0 Å². The SMILES string of the molecule is C=CC(=O)N1C[C@H](COC(=N)c2c(Cl)c[nH]c2N)[C@@H](OC)C1. The summed E-state index contributed by atoms with van der Waals surface area (Å²) in [5.74, 6) is 0.00557. The zero-order valence-electron chi connectivity index (χ0n) is 12.3. The largest absolute Gasteiger partial charge is 0.477 e. The predicted molar refractivity (Wildman–Crippen MR) is 84.1 cm³/mol. The molecule has 8 heteroatoms. The quantitative estimate of drug-likeness (QED) is 0.430. The Morgan fingerprint density at radius 2 is 2.41 bits per heavy atom. The van der Waals surface area contributed by atoms with Crippen LogP contribution in [0.25, 0.3) is 0 Å². The fraction of sp³-hybridized carbons (Fsp3) is 0.429. The first kappa shape index (κ1) is 16.4. The number of nitrogens with two attached hydrogens (primary N) is 1. The van der Waals surface area contributed by atoms with E-state index < -0.39 is 0 Å². The van der Waals surface area contributed by atoms with Crippen molar-refractivity contribution in [3.05, 3.63) is 29.4 Å². The van der Waals surface area contributed by atoms with Gasteiger partial charge in [-0.3, -0.25) is 10.2 Å². The highest BCUT2D eigenvalue weighted by Gasteiger charge is 2.35. The first-order valence-electron chi connectivity index (χ1n) is 6.76. The van der Waals surface area contributed by atoms with Crippen molar-refractivity contribution in [2.45, 2.75) is 6.10 Å². The maximum Gasteiger partial charge on any atom is 0.246 e. The summed E-state index contributed by atoms with van der Waals surface area (Å²) in [6.45, 7) is 4.69. The number of H-pyrrole nitrogens is 1. The van der Waals surface area contributed by atoms with E-state index in [1.807, 2.05) is 0 Å². The molecule has 0 aliphatic carbocycles. The number of methoxy groups -OCH3 is 1. The second kappa shape index (κ2) is 6.85. The Labute approximate surface area is 133 Å². The first-order valence-corrected chi connectivity index (χ1v) is 7.13. The molecule has 2 rings (SSSR count). The molecule has 4 N–H and O–H groups in total.